The lowest BCUT2D eigenvalue weighted by atomic mass is 10.1. The molecule has 0 fully saturated rings. The van der Waals surface area contributed by atoms with Gasteiger partial charge < -0.3 is 14.7 Å². The van der Waals surface area contributed by atoms with E-state index in [1.807, 2.05) is 25.1 Å². The Bertz CT molecular complexity index is 416. The van der Waals surface area contributed by atoms with Crippen LogP contribution in [0, 0.1) is 6.92 Å². The molecule has 1 atom stereocenters. The molecule has 1 aromatic rings. The molecule has 1 N–H and O–H groups in total. The van der Waals surface area contributed by atoms with Gasteiger partial charge in [-0.1, -0.05) is 17.7 Å². The molecule has 0 bridgehead atoms. The summed E-state index contributed by atoms with van der Waals surface area (Å²) in [5.41, 5.74) is 1.97. The van der Waals surface area contributed by atoms with E-state index in [1.54, 1.807) is 21.1 Å². The van der Waals surface area contributed by atoms with E-state index in [2.05, 4.69) is 0 Å². The largest absolute Gasteiger partial charge is 0.496 e. The third-order valence-corrected chi connectivity index (χ3v) is 2.74. The fraction of sp³-hybridized carbons (Fsp3) is 0.500. The average Bonchev–Trinajstić information content (AvgIpc) is 2.28. The van der Waals surface area contributed by atoms with E-state index in [-0.39, 0.29) is 12.3 Å². The maximum atomic E-state index is 12.0. The SMILES string of the molecule is COc1ccc(C)cc1CC(=O)N(C)CC(C)O. The lowest BCUT2D eigenvalue weighted by Crippen LogP contribution is -2.34. The molecule has 0 heterocycles. The van der Waals surface area contributed by atoms with Crippen molar-refractivity contribution in [3.05, 3.63) is 29.3 Å². The van der Waals surface area contributed by atoms with Crippen LogP contribution in [0.5, 0.6) is 5.75 Å². The summed E-state index contributed by atoms with van der Waals surface area (Å²) in [6.45, 7) is 3.98. The molecule has 0 aliphatic heterocycles. The normalized spacial score (nSPS) is 12.1. The molecule has 0 radical (unpaired) electrons. The first-order valence-corrected chi connectivity index (χ1v) is 5.99. The number of amides is 1. The number of aryl methyl sites for hydroxylation is 1. The molecule has 18 heavy (non-hydrogen) atoms. The Hall–Kier alpha value is -1.55. The summed E-state index contributed by atoms with van der Waals surface area (Å²) in [4.78, 5) is 13.5. The van der Waals surface area contributed by atoms with Crippen molar-refractivity contribution in [1.82, 2.24) is 4.90 Å². The minimum absolute atomic E-state index is 0.0280. The van der Waals surface area contributed by atoms with Gasteiger partial charge in [0.1, 0.15) is 5.75 Å². The van der Waals surface area contributed by atoms with Crippen molar-refractivity contribution in [2.24, 2.45) is 0 Å². The van der Waals surface area contributed by atoms with Gasteiger partial charge in [-0.2, -0.15) is 0 Å². The molecule has 1 aromatic carbocycles. The number of hydrogen-bond donors (Lipinski definition) is 1. The van der Waals surface area contributed by atoms with Crippen molar-refractivity contribution in [2.45, 2.75) is 26.4 Å². The second-order valence-electron chi connectivity index (χ2n) is 4.62. The predicted octanol–water partition coefficient (Wildman–Crippen LogP) is 1.39. The van der Waals surface area contributed by atoms with Crippen LogP contribution < -0.4 is 4.74 Å². The van der Waals surface area contributed by atoms with Gasteiger partial charge in [0, 0.05) is 19.2 Å². The van der Waals surface area contributed by atoms with Gasteiger partial charge in [0.15, 0.2) is 0 Å². The third kappa shape index (κ3) is 4.04. The minimum atomic E-state index is -0.515. The van der Waals surface area contributed by atoms with Crippen LogP contribution >= 0.6 is 0 Å². The molecule has 0 saturated heterocycles. The number of benzene rings is 1. The summed E-state index contributed by atoms with van der Waals surface area (Å²) >= 11 is 0. The topological polar surface area (TPSA) is 49.8 Å². The number of ether oxygens (including phenoxy) is 1. The molecule has 1 unspecified atom stereocenters. The lowest BCUT2D eigenvalue weighted by Gasteiger charge is -2.19. The highest BCUT2D eigenvalue weighted by molar-refractivity contribution is 5.79. The average molecular weight is 251 g/mol. The van der Waals surface area contributed by atoms with Crippen LogP contribution in [0.3, 0.4) is 0 Å². The number of carbonyl (C=O) groups excluding carboxylic acids is 1. The molecule has 1 rings (SSSR count). The molecule has 100 valence electrons. The van der Waals surface area contributed by atoms with Crippen LogP contribution in [0.4, 0.5) is 0 Å². The van der Waals surface area contributed by atoms with Gasteiger partial charge in [0.2, 0.25) is 5.91 Å². The first kappa shape index (κ1) is 14.5. The molecule has 0 aromatic heterocycles. The summed E-state index contributed by atoms with van der Waals surface area (Å²) in [6, 6.07) is 5.77. The van der Waals surface area contributed by atoms with Crippen molar-refractivity contribution < 1.29 is 14.6 Å². The van der Waals surface area contributed by atoms with E-state index >= 15 is 0 Å². The molecular weight excluding hydrogens is 230 g/mol. The Balaban J connectivity index is 2.77. The highest BCUT2D eigenvalue weighted by Gasteiger charge is 2.14. The Labute approximate surface area is 108 Å². The van der Waals surface area contributed by atoms with Crippen molar-refractivity contribution in [2.75, 3.05) is 20.7 Å². The van der Waals surface area contributed by atoms with E-state index in [1.165, 1.54) is 4.90 Å². The molecule has 0 saturated carbocycles. The van der Waals surface area contributed by atoms with E-state index in [0.717, 1.165) is 16.9 Å². The molecule has 1 amide bonds. The van der Waals surface area contributed by atoms with E-state index < -0.39 is 6.10 Å². The summed E-state index contributed by atoms with van der Waals surface area (Å²) < 4.78 is 5.24. The first-order valence-electron chi connectivity index (χ1n) is 5.99. The number of methoxy groups -OCH3 is 1. The number of rotatable bonds is 5. The smallest absolute Gasteiger partial charge is 0.226 e. The van der Waals surface area contributed by atoms with Gasteiger partial charge in [-0.15, -0.1) is 0 Å². The quantitative estimate of drug-likeness (QED) is 0.860. The predicted molar refractivity (Wildman–Crippen MR) is 70.8 cm³/mol. The van der Waals surface area contributed by atoms with E-state index in [4.69, 9.17) is 4.74 Å². The van der Waals surface area contributed by atoms with Crippen molar-refractivity contribution >= 4 is 5.91 Å². The zero-order valence-corrected chi connectivity index (χ0v) is 11.4. The van der Waals surface area contributed by atoms with Gasteiger partial charge in [0.05, 0.1) is 19.6 Å². The van der Waals surface area contributed by atoms with Crippen LogP contribution in [0.25, 0.3) is 0 Å². The van der Waals surface area contributed by atoms with E-state index in [0.29, 0.717) is 6.54 Å². The first-order chi connectivity index (χ1) is 8.43. The van der Waals surface area contributed by atoms with Crippen molar-refractivity contribution in [1.29, 1.82) is 0 Å². The monoisotopic (exact) mass is 251 g/mol. The number of carbonyl (C=O) groups is 1. The number of likely N-dealkylation sites (N-methyl/N-ethyl adjacent to an activating group) is 1. The summed E-state index contributed by atoms with van der Waals surface area (Å²) in [6.07, 6.45) is -0.230. The number of aliphatic hydroxyl groups is 1. The van der Waals surface area contributed by atoms with Crippen LogP contribution in [0.2, 0.25) is 0 Å². The molecule has 0 aliphatic carbocycles. The Morgan fingerprint density at radius 1 is 1.50 bits per heavy atom. The third-order valence-electron chi connectivity index (χ3n) is 2.74. The number of hydrogen-bond acceptors (Lipinski definition) is 3. The second-order valence-corrected chi connectivity index (χ2v) is 4.62. The Kier molecular flexibility index (Phi) is 5.16. The fourth-order valence-electron chi connectivity index (χ4n) is 1.84. The Morgan fingerprint density at radius 2 is 2.17 bits per heavy atom. The number of aliphatic hydroxyl groups excluding tert-OH is 1. The second kappa shape index (κ2) is 6.40. The zero-order chi connectivity index (χ0) is 13.7. The Morgan fingerprint density at radius 3 is 2.72 bits per heavy atom. The molecule has 4 nitrogen and oxygen atoms in total. The van der Waals surface area contributed by atoms with Crippen LogP contribution in [0.15, 0.2) is 18.2 Å². The van der Waals surface area contributed by atoms with Crippen LogP contribution in [-0.4, -0.2) is 42.7 Å². The molecule has 4 heteroatoms. The van der Waals surface area contributed by atoms with Gasteiger partial charge in [-0.3, -0.25) is 4.79 Å². The summed E-state index contributed by atoms with van der Waals surface area (Å²) in [7, 11) is 3.29. The van der Waals surface area contributed by atoms with Gasteiger partial charge in [-0.25, -0.2) is 0 Å². The van der Waals surface area contributed by atoms with Crippen molar-refractivity contribution in [3.8, 4) is 5.75 Å². The van der Waals surface area contributed by atoms with Gasteiger partial charge >= 0.3 is 0 Å². The van der Waals surface area contributed by atoms with Crippen molar-refractivity contribution in [3.63, 3.8) is 0 Å². The van der Waals surface area contributed by atoms with Crippen LogP contribution in [0.1, 0.15) is 18.1 Å². The fourth-order valence-corrected chi connectivity index (χ4v) is 1.84. The highest BCUT2D eigenvalue weighted by atomic mass is 16.5. The van der Waals surface area contributed by atoms with Gasteiger partial charge in [-0.05, 0) is 19.9 Å². The summed E-state index contributed by atoms with van der Waals surface area (Å²) in [5, 5.41) is 9.26. The molecule has 0 aliphatic rings. The minimum Gasteiger partial charge on any atom is -0.496 e. The maximum absolute atomic E-state index is 12.0. The maximum Gasteiger partial charge on any atom is 0.226 e. The van der Waals surface area contributed by atoms with Gasteiger partial charge in [0.25, 0.3) is 0 Å². The molecular formula is C14H21NO3. The van der Waals surface area contributed by atoms with E-state index in [9.17, 15) is 9.90 Å². The zero-order valence-electron chi connectivity index (χ0n) is 11.4. The highest BCUT2D eigenvalue weighted by Crippen LogP contribution is 2.20. The van der Waals surface area contributed by atoms with Crippen LogP contribution in [-0.2, 0) is 11.2 Å². The lowest BCUT2D eigenvalue weighted by molar-refractivity contribution is -0.130. The summed E-state index contributed by atoms with van der Waals surface area (Å²) in [5.74, 6) is 0.694. The standard InChI is InChI=1S/C14H21NO3/c1-10-5-6-13(18-4)12(7-10)8-14(17)15(3)9-11(2)16/h5-7,11,16H,8-9H2,1-4H3. The molecule has 0 spiro atoms. The number of nitrogens with zero attached hydrogens (tertiary/aromatic N) is 1.